The zero-order valence-electron chi connectivity index (χ0n) is 29.6. The molecule has 0 bridgehead atoms. The van der Waals surface area contributed by atoms with Gasteiger partial charge in [0.1, 0.15) is 11.3 Å². The summed E-state index contributed by atoms with van der Waals surface area (Å²) in [6.45, 7) is 0. The number of nitrogens with zero attached hydrogens (tertiary/aromatic N) is 1. The van der Waals surface area contributed by atoms with Gasteiger partial charge in [0.2, 0.25) is 0 Å². The Labute approximate surface area is 314 Å². The predicted octanol–water partition coefficient (Wildman–Crippen LogP) is 14.9. The van der Waals surface area contributed by atoms with Crippen LogP contribution in [0.5, 0.6) is 0 Å². The maximum atomic E-state index is 6.31. The molecule has 2 nitrogen and oxygen atoms in total. The van der Waals surface area contributed by atoms with Gasteiger partial charge in [-0.25, -0.2) is 0 Å². The van der Waals surface area contributed by atoms with E-state index in [0.29, 0.717) is 0 Å². The Morgan fingerprint density at radius 1 is 0.259 bits per heavy atom. The molecule has 0 amide bonds. The molecule has 10 rings (SSSR count). The molecule has 0 unspecified atom stereocenters. The van der Waals surface area contributed by atoms with Gasteiger partial charge in [0.15, 0.2) is 0 Å². The second-order valence-corrected chi connectivity index (χ2v) is 13.8. The molecule has 0 saturated carbocycles. The quantitative estimate of drug-likeness (QED) is 0.166. The first kappa shape index (κ1) is 31.6. The third kappa shape index (κ3) is 6.00. The van der Waals surface area contributed by atoms with Crippen molar-refractivity contribution in [1.82, 2.24) is 0 Å². The number of benzene rings is 9. The third-order valence-corrected chi connectivity index (χ3v) is 10.5. The van der Waals surface area contributed by atoms with Crippen LogP contribution >= 0.6 is 0 Å². The smallest absolute Gasteiger partial charge is 0.135 e. The Balaban J connectivity index is 0.959. The molecule has 0 aliphatic heterocycles. The lowest BCUT2D eigenvalue weighted by atomic mass is 10.0. The summed E-state index contributed by atoms with van der Waals surface area (Å²) in [7, 11) is 0. The molecule has 1 aromatic heterocycles. The van der Waals surface area contributed by atoms with Gasteiger partial charge in [-0.2, -0.15) is 0 Å². The van der Waals surface area contributed by atoms with Gasteiger partial charge in [-0.1, -0.05) is 152 Å². The first-order valence-electron chi connectivity index (χ1n) is 18.4. The second kappa shape index (κ2) is 13.4. The molecule has 9 aromatic carbocycles. The molecule has 0 atom stereocenters. The van der Waals surface area contributed by atoms with Gasteiger partial charge < -0.3 is 9.32 Å². The summed E-state index contributed by atoms with van der Waals surface area (Å²) in [5.41, 5.74) is 12.4. The monoisotopic (exact) mass is 689 g/mol. The van der Waals surface area contributed by atoms with Crippen LogP contribution in [0.15, 0.2) is 217 Å². The molecular weight excluding hydrogens is 655 g/mol. The van der Waals surface area contributed by atoms with Crippen LogP contribution in [0.25, 0.3) is 77.2 Å². The highest BCUT2D eigenvalue weighted by Crippen LogP contribution is 2.38. The fourth-order valence-electron chi connectivity index (χ4n) is 7.55. The zero-order valence-corrected chi connectivity index (χ0v) is 29.6. The molecule has 0 saturated heterocycles. The van der Waals surface area contributed by atoms with Crippen molar-refractivity contribution in [3.63, 3.8) is 0 Å². The van der Waals surface area contributed by atoms with Crippen molar-refractivity contribution >= 4 is 49.6 Å². The molecule has 0 N–H and O–H groups in total. The summed E-state index contributed by atoms with van der Waals surface area (Å²) in [5, 5.41) is 6.02. The van der Waals surface area contributed by atoms with Gasteiger partial charge in [-0.05, 0) is 116 Å². The van der Waals surface area contributed by atoms with E-state index < -0.39 is 0 Å². The number of fused-ring (bicyclic) bond motifs is 3. The van der Waals surface area contributed by atoms with E-state index in [0.717, 1.165) is 50.5 Å². The Kier molecular flexibility index (Phi) is 7.85. The molecule has 10 aromatic rings. The Hall–Kier alpha value is -7.16. The molecule has 0 aliphatic rings. The van der Waals surface area contributed by atoms with E-state index >= 15 is 0 Å². The number of anilines is 3. The van der Waals surface area contributed by atoms with Gasteiger partial charge in [-0.3, -0.25) is 0 Å². The summed E-state index contributed by atoms with van der Waals surface area (Å²) >= 11 is 0. The second-order valence-electron chi connectivity index (χ2n) is 13.8. The SMILES string of the molecule is c1ccc(-c2ccc(N(c3ccc(-c4ccc(-c5cc6cc7ccccc7cc6o5)cc4)cc3)c3ccc(-c4ccc5ccccc5c4)cc3)cc2)cc1. The maximum Gasteiger partial charge on any atom is 0.135 e. The summed E-state index contributed by atoms with van der Waals surface area (Å²) in [5.74, 6) is 0.878. The predicted molar refractivity (Wildman–Crippen MR) is 228 cm³/mol. The van der Waals surface area contributed by atoms with E-state index in [4.69, 9.17) is 4.42 Å². The molecule has 254 valence electrons. The molecule has 0 aliphatic carbocycles. The van der Waals surface area contributed by atoms with Gasteiger partial charge >= 0.3 is 0 Å². The summed E-state index contributed by atoms with van der Waals surface area (Å²) in [6.07, 6.45) is 0. The van der Waals surface area contributed by atoms with Crippen LogP contribution in [-0.4, -0.2) is 0 Å². The summed E-state index contributed by atoms with van der Waals surface area (Å²) < 4.78 is 6.31. The van der Waals surface area contributed by atoms with Gasteiger partial charge in [0.05, 0.1) is 0 Å². The zero-order chi connectivity index (χ0) is 35.8. The normalized spacial score (nSPS) is 11.3. The number of rotatable bonds is 7. The third-order valence-electron chi connectivity index (χ3n) is 10.5. The van der Waals surface area contributed by atoms with Crippen LogP contribution in [0.1, 0.15) is 0 Å². The van der Waals surface area contributed by atoms with Gasteiger partial charge in [-0.15, -0.1) is 0 Å². The van der Waals surface area contributed by atoms with Crippen molar-refractivity contribution in [2.45, 2.75) is 0 Å². The van der Waals surface area contributed by atoms with Crippen molar-refractivity contribution in [1.29, 1.82) is 0 Å². The Morgan fingerprint density at radius 2 is 0.667 bits per heavy atom. The van der Waals surface area contributed by atoms with Crippen molar-refractivity contribution < 1.29 is 4.42 Å². The van der Waals surface area contributed by atoms with E-state index in [1.807, 2.05) is 0 Å². The highest BCUT2D eigenvalue weighted by Gasteiger charge is 2.15. The fraction of sp³-hybridized carbons (Fsp3) is 0. The van der Waals surface area contributed by atoms with Crippen molar-refractivity contribution in [3.8, 4) is 44.7 Å². The van der Waals surface area contributed by atoms with Crippen LogP contribution in [0.2, 0.25) is 0 Å². The van der Waals surface area contributed by atoms with Crippen molar-refractivity contribution in [2.24, 2.45) is 0 Å². The summed E-state index contributed by atoms with van der Waals surface area (Å²) in [4.78, 5) is 2.33. The van der Waals surface area contributed by atoms with Crippen LogP contribution in [-0.2, 0) is 0 Å². The molecule has 0 fully saturated rings. The van der Waals surface area contributed by atoms with Crippen LogP contribution in [0.3, 0.4) is 0 Å². The Morgan fingerprint density at radius 3 is 1.24 bits per heavy atom. The highest BCUT2D eigenvalue weighted by molar-refractivity contribution is 5.97. The van der Waals surface area contributed by atoms with E-state index in [1.54, 1.807) is 0 Å². The van der Waals surface area contributed by atoms with Crippen LogP contribution in [0.4, 0.5) is 17.1 Å². The number of hydrogen-bond acceptors (Lipinski definition) is 2. The van der Waals surface area contributed by atoms with E-state index in [9.17, 15) is 0 Å². The lowest BCUT2D eigenvalue weighted by Gasteiger charge is -2.26. The largest absolute Gasteiger partial charge is 0.456 e. The van der Waals surface area contributed by atoms with E-state index in [2.05, 4.69) is 217 Å². The molecule has 0 spiro atoms. The van der Waals surface area contributed by atoms with Crippen LogP contribution < -0.4 is 4.90 Å². The number of furan rings is 1. The molecular formula is C52H35NO. The average Bonchev–Trinajstić information content (AvgIpc) is 3.67. The lowest BCUT2D eigenvalue weighted by Crippen LogP contribution is -2.09. The fourth-order valence-corrected chi connectivity index (χ4v) is 7.55. The lowest BCUT2D eigenvalue weighted by molar-refractivity contribution is 0.632. The standard InChI is InChI=1S/C52H35NO/c1-2-8-36(9-3-1)39-20-26-48(27-21-39)53(50-30-24-41(25-31-50)46-19-16-37-10-4-5-11-43(37)32-46)49-28-22-40(23-29-49)38-14-17-42(18-15-38)51-35-47-33-44-12-6-7-13-45(44)34-52(47)54-51/h1-35H. The topological polar surface area (TPSA) is 16.4 Å². The molecule has 54 heavy (non-hydrogen) atoms. The minimum Gasteiger partial charge on any atom is -0.456 e. The van der Waals surface area contributed by atoms with Crippen molar-refractivity contribution in [2.75, 3.05) is 4.90 Å². The Bertz CT molecular complexity index is 2830. The average molecular weight is 690 g/mol. The number of hydrogen-bond donors (Lipinski definition) is 0. The van der Waals surface area contributed by atoms with Crippen molar-refractivity contribution in [3.05, 3.63) is 212 Å². The maximum absolute atomic E-state index is 6.31. The van der Waals surface area contributed by atoms with Gasteiger partial charge in [0, 0.05) is 28.0 Å². The van der Waals surface area contributed by atoms with Gasteiger partial charge in [0.25, 0.3) is 0 Å². The van der Waals surface area contributed by atoms with Crippen LogP contribution in [0, 0.1) is 0 Å². The highest BCUT2D eigenvalue weighted by atomic mass is 16.3. The minimum absolute atomic E-state index is 0.878. The first-order valence-corrected chi connectivity index (χ1v) is 18.4. The molecule has 0 radical (unpaired) electrons. The molecule has 2 heteroatoms. The first-order chi connectivity index (χ1) is 26.7. The minimum atomic E-state index is 0.878. The summed E-state index contributed by atoms with van der Waals surface area (Å²) in [6, 6.07) is 75.9. The van der Waals surface area contributed by atoms with E-state index in [1.165, 1.54) is 43.8 Å². The molecule has 1 heterocycles. The van der Waals surface area contributed by atoms with E-state index in [-0.39, 0.29) is 0 Å².